The van der Waals surface area contributed by atoms with Gasteiger partial charge in [0.15, 0.2) is 0 Å². The van der Waals surface area contributed by atoms with Crippen LogP contribution in [0.25, 0.3) is 0 Å². The first-order chi connectivity index (χ1) is 8.61. The first kappa shape index (κ1) is 13.5. The zero-order chi connectivity index (χ0) is 13.1. The number of nitrogens with one attached hydrogen (secondary N) is 1. The van der Waals surface area contributed by atoms with Crippen LogP contribution in [0.2, 0.25) is 10.0 Å². The molecular formula is C13H15Cl2NO2. The molecule has 98 valence electrons. The van der Waals surface area contributed by atoms with Gasteiger partial charge in [0.1, 0.15) is 5.75 Å². The third-order valence-electron chi connectivity index (χ3n) is 3.18. The molecule has 1 aliphatic carbocycles. The van der Waals surface area contributed by atoms with E-state index in [-0.39, 0.29) is 11.9 Å². The quantitative estimate of drug-likeness (QED) is 0.921. The van der Waals surface area contributed by atoms with E-state index in [0.717, 1.165) is 12.8 Å². The molecule has 1 fully saturated rings. The highest BCUT2D eigenvalue weighted by molar-refractivity contribution is 6.36. The van der Waals surface area contributed by atoms with Crippen LogP contribution < -0.4 is 10.1 Å². The molecule has 1 aromatic rings. The van der Waals surface area contributed by atoms with Crippen LogP contribution in [0, 0.1) is 0 Å². The minimum absolute atomic E-state index is 0.170. The van der Waals surface area contributed by atoms with Crippen LogP contribution in [-0.4, -0.2) is 19.1 Å². The standard InChI is InChI=1S/C13H15Cl2NO2/c1-18-12-7-10(14)9(6-11(12)15)13(17)16-8-4-2-3-5-8/h6-8H,2-5H2,1H3,(H,16,17). The van der Waals surface area contributed by atoms with E-state index >= 15 is 0 Å². The van der Waals surface area contributed by atoms with Gasteiger partial charge in [0.05, 0.1) is 22.7 Å². The molecule has 0 saturated heterocycles. The molecule has 0 unspecified atom stereocenters. The van der Waals surface area contributed by atoms with Gasteiger partial charge in [-0.3, -0.25) is 4.79 Å². The summed E-state index contributed by atoms with van der Waals surface area (Å²) in [6.07, 6.45) is 4.41. The van der Waals surface area contributed by atoms with Crippen LogP contribution in [0.15, 0.2) is 12.1 Å². The molecule has 1 aliphatic rings. The highest BCUT2D eigenvalue weighted by atomic mass is 35.5. The second kappa shape index (κ2) is 5.81. The molecule has 0 bridgehead atoms. The van der Waals surface area contributed by atoms with E-state index in [2.05, 4.69) is 5.32 Å². The number of benzene rings is 1. The van der Waals surface area contributed by atoms with Gasteiger partial charge >= 0.3 is 0 Å². The molecule has 0 aromatic heterocycles. The van der Waals surface area contributed by atoms with Crippen molar-refractivity contribution in [3.8, 4) is 5.75 Å². The number of ether oxygens (including phenoxy) is 1. The zero-order valence-corrected chi connectivity index (χ0v) is 11.6. The molecule has 0 atom stereocenters. The van der Waals surface area contributed by atoms with Crippen molar-refractivity contribution in [2.75, 3.05) is 7.11 Å². The van der Waals surface area contributed by atoms with Gasteiger partial charge in [0, 0.05) is 12.1 Å². The normalized spacial score (nSPS) is 15.7. The van der Waals surface area contributed by atoms with Crippen LogP contribution >= 0.6 is 23.2 Å². The average Bonchev–Trinajstić information content (AvgIpc) is 2.84. The SMILES string of the molecule is COc1cc(Cl)c(C(=O)NC2CCCC2)cc1Cl. The third-order valence-corrected chi connectivity index (χ3v) is 3.78. The van der Waals surface area contributed by atoms with Gasteiger partial charge in [-0.1, -0.05) is 36.0 Å². The summed E-state index contributed by atoms with van der Waals surface area (Å²) < 4.78 is 5.05. The molecule has 1 aromatic carbocycles. The molecule has 1 saturated carbocycles. The molecule has 0 spiro atoms. The van der Waals surface area contributed by atoms with Crippen molar-refractivity contribution in [1.82, 2.24) is 5.32 Å². The van der Waals surface area contributed by atoms with E-state index in [9.17, 15) is 4.79 Å². The first-order valence-corrected chi connectivity index (χ1v) is 6.71. The fourth-order valence-electron chi connectivity index (χ4n) is 2.19. The van der Waals surface area contributed by atoms with E-state index in [0.29, 0.717) is 21.4 Å². The number of hydrogen-bond donors (Lipinski definition) is 1. The Hall–Kier alpha value is -0.930. The predicted molar refractivity (Wildman–Crippen MR) is 72.7 cm³/mol. The van der Waals surface area contributed by atoms with Gasteiger partial charge in [-0.15, -0.1) is 0 Å². The van der Waals surface area contributed by atoms with Gasteiger partial charge in [-0.2, -0.15) is 0 Å². The topological polar surface area (TPSA) is 38.3 Å². The van der Waals surface area contributed by atoms with E-state index in [1.165, 1.54) is 20.0 Å². The lowest BCUT2D eigenvalue weighted by atomic mass is 10.1. The van der Waals surface area contributed by atoms with Crippen molar-refractivity contribution in [2.24, 2.45) is 0 Å². The van der Waals surface area contributed by atoms with Crippen molar-refractivity contribution >= 4 is 29.1 Å². The Labute approximate surface area is 116 Å². The Morgan fingerprint density at radius 2 is 1.94 bits per heavy atom. The lowest BCUT2D eigenvalue weighted by molar-refractivity contribution is 0.0938. The number of methoxy groups -OCH3 is 1. The summed E-state index contributed by atoms with van der Waals surface area (Å²) in [7, 11) is 1.51. The number of carbonyl (C=O) groups is 1. The molecule has 3 nitrogen and oxygen atoms in total. The third kappa shape index (κ3) is 2.90. The van der Waals surface area contributed by atoms with E-state index in [4.69, 9.17) is 27.9 Å². The summed E-state index contributed by atoms with van der Waals surface area (Å²) in [4.78, 5) is 12.1. The summed E-state index contributed by atoms with van der Waals surface area (Å²) in [6, 6.07) is 3.37. The molecular weight excluding hydrogens is 273 g/mol. The minimum atomic E-state index is -0.170. The van der Waals surface area contributed by atoms with Gasteiger partial charge < -0.3 is 10.1 Å². The fourth-order valence-corrected chi connectivity index (χ4v) is 2.67. The number of amides is 1. The van der Waals surface area contributed by atoms with Crippen LogP contribution in [-0.2, 0) is 0 Å². The number of halogens is 2. The predicted octanol–water partition coefficient (Wildman–Crippen LogP) is 3.67. The van der Waals surface area contributed by atoms with E-state index in [1.807, 2.05) is 0 Å². The summed E-state index contributed by atoms with van der Waals surface area (Å²) in [5.74, 6) is 0.301. The van der Waals surface area contributed by atoms with Crippen LogP contribution in [0.5, 0.6) is 5.75 Å². The second-order valence-electron chi connectivity index (χ2n) is 4.42. The molecule has 1 amide bonds. The maximum Gasteiger partial charge on any atom is 0.253 e. The smallest absolute Gasteiger partial charge is 0.253 e. The fraction of sp³-hybridized carbons (Fsp3) is 0.462. The molecule has 1 N–H and O–H groups in total. The molecule has 0 aliphatic heterocycles. The zero-order valence-electron chi connectivity index (χ0n) is 10.1. The van der Waals surface area contributed by atoms with Crippen LogP contribution in [0.1, 0.15) is 36.0 Å². The summed E-state index contributed by atoms with van der Waals surface area (Å²) in [5.41, 5.74) is 0.398. The highest BCUT2D eigenvalue weighted by Gasteiger charge is 2.20. The first-order valence-electron chi connectivity index (χ1n) is 5.95. The maximum atomic E-state index is 12.1. The van der Waals surface area contributed by atoms with Crippen LogP contribution in [0.4, 0.5) is 0 Å². The lowest BCUT2D eigenvalue weighted by Crippen LogP contribution is -2.32. The second-order valence-corrected chi connectivity index (χ2v) is 5.24. The Kier molecular flexibility index (Phi) is 4.36. The Bertz CT molecular complexity index is 457. The molecule has 0 radical (unpaired) electrons. The minimum Gasteiger partial charge on any atom is -0.495 e. The Balaban J connectivity index is 2.16. The Morgan fingerprint density at radius 3 is 2.56 bits per heavy atom. The highest BCUT2D eigenvalue weighted by Crippen LogP contribution is 2.31. The van der Waals surface area contributed by atoms with Crippen molar-refractivity contribution in [2.45, 2.75) is 31.7 Å². The van der Waals surface area contributed by atoms with Gasteiger partial charge in [-0.25, -0.2) is 0 Å². The summed E-state index contributed by atoms with van der Waals surface area (Å²) in [5, 5.41) is 3.72. The number of carbonyl (C=O) groups excluding carboxylic acids is 1. The van der Waals surface area contributed by atoms with Gasteiger partial charge in [0.2, 0.25) is 0 Å². The Morgan fingerprint density at radius 1 is 1.28 bits per heavy atom. The number of hydrogen-bond acceptors (Lipinski definition) is 2. The van der Waals surface area contributed by atoms with E-state index in [1.54, 1.807) is 12.1 Å². The molecule has 2 rings (SSSR count). The van der Waals surface area contributed by atoms with Crippen molar-refractivity contribution < 1.29 is 9.53 Å². The largest absolute Gasteiger partial charge is 0.495 e. The lowest BCUT2D eigenvalue weighted by Gasteiger charge is -2.13. The van der Waals surface area contributed by atoms with E-state index < -0.39 is 0 Å². The maximum absolute atomic E-state index is 12.1. The molecule has 0 heterocycles. The number of rotatable bonds is 3. The molecule has 18 heavy (non-hydrogen) atoms. The monoisotopic (exact) mass is 287 g/mol. The van der Waals surface area contributed by atoms with Crippen molar-refractivity contribution in [3.63, 3.8) is 0 Å². The summed E-state index contributed by atoms with van der Waals surface area (Å²) >= 11 is 12.1. The van der Waals surface area contributed by atoms with Crippen LogP contribution in [0.3, 0.4) is 0 Å². The van der Waals surface area contributed by atoms with Crippen molar-refractivity contribution in [3.05, 3.63) is 27.7 Å². The van der Waals surface area contributed by atoms with Crippen molar-refractivity contribution in [1.29, 1.82) is 0 Å². The average molecular weight is 288 g/mol. The summed E-state index contributed by atoms with van der Waals surface area (Å²) in [6.45, 7) is 0. The molecule has 5 heteroatoms. The van der Waals surface area contributed by atoms with Gasteiger partial charge in [0.25, 0.3) is 5.91 Å². The van der Waals surface area contributed by atoms with Gasteiger partial charge in [-0.05, 0) is 18.9 Å².